The first-order chi connectivity index (χ1) is 9.28. The Labute approximate surface area is 116 Å². The number of carbonyl (C=O) groups excluding carboxylic acids is 1. The molecule has 0 N–H and O–H groups in total. The average molecular weight is 273 g/mol. The third-order valence-corrected chi connectivity index (χ3v) is 4.36. The minimum absolute atomic E-state index is 0.201. The zero-order chi connectivity index (χ0) is 13.2. The summed E-state index contributed by atoms with van der Waals surface area (Å²) in [5.74, 6) is 0.213. The van der Waals surface area contributed by atoms with Crippen LogP contribution in [0.1, 0.15) is 34.7 Å². The molecule has 1 aromatic carbocycles. The fourth-order valence-corrected chi connectivity index (χ4v) is 3.34. The molecular weight excluding hydrogens is 258 g/mol. The molecule has 0 spiro atoms. The molecule has 1 unspecified atom stereocenters. The molecule has 98 valence electrons. The van der Waals surface area contributed by atoms with Gasteiger partial charge in [0.05, 0.1) is 18.7 Å². The number of fused-ring (bicyclic) bond motifs is 1. The van der Waals surface area contributed by atoms with Crippen molar-refractivity contribution < 1.29 is 9.53 Å². The Kier molecular flexibility index (Phi) is 3.34. The van der Waals surface area contributed by atoms with E-state index >= 15 is 0 Å². The van der Waals surface area contributed by atoms with Crippen LogP contribution in [0.5, 0.6) is 0 Å². The molecule has 0 aliphatic heterocycles. The number of esters is 1. The van der Waals surface area contributed by atoms with Gasteiger partial charge >= 0.3 is 5.97 Å². The number of rotatable bonds is 4. The Bertz CT molecular complexity index is 606. The number of benzene rings is 1. The molecule has 1 heterocycles. The minimum Gasteiger partial charge on any atom is -0.466 e. The first-order valence-corrected chi connectivity index (χ1v) is 7.33. The number of nitrogens with zero attached hydrogens (tertiary/aromatic N) is 1. The molecule has 19 heavy (non-hydrogen) atoms. The second-order valence-electron chi connectivity index (χ2n) is 4.61. The van der Waals surface area contributed by atoms with Crippen molar-refractivity contribution in [1.82, 2.24) is 4.98 Å². The highest BCUT2D eigenvalue weighted by atomic mass is 32.1. The van der Waals surface area contributed by atoms with Crippen LogP contribution < -0.4 is 0 Å². The standard InChI is InChI=1S/C15H15NO2S/c1-2-18-14(17)8-11-9-19-15(16-11)13-7-10-5-3-4-6-12(10)13/h3-6,9,13H,2,7-8H2,1H3. The third-order valence-electron chi connectivity index (χ3n) is 3.35. The summed E-state index contributed by atoms with van der Waals surface area (Å²) in [4.78, 5) is 16.0. The van der Waals surface area contributed by atoms with E-state index < -0.39 is 0 Å². The lowest BCUT2D eigenvalue weighted by Crippen LogP contribution is -2.17. The summed E-state index contributed by atoms with van der Waals surface area (Å²) >= 11 is 1.64. The maximum Gasteiger partial charge on any atom is 0.311 e. The van der Waals surface area contributed by atoms with Crippen LogP contribution in [-0.2, 0) is 22.4 Å². The molecule has 0 fully saturated rings. The van der Waals surface area contributed by atoms with Crippen molar-refractivity contribution in [2.24, 2.45) is 0 Å². The van der Waals surface area contributed by atoms with Crippen LogP contribution in [0, 0.1) is 0 Å². The zero-order valence-electron chi connectivity index (χ0n) is 10.8. The van der Waals surface area contributed by atoms with E-state index in [9.17, 15) is 4.79 Å². The van der Waals surface area contributed by atoms with Gasteiger partial charge in [0.1, 0.15) is 5.01 Å². The maximum absolute atomic E-state index is 11.4. The lowest BCUT2D eigenvalue weighted by Gasteiger charge is -2.28. The first kappa shape index (κ1) is 12.4. The van der Waals surface area contributed by atoms with E-state index in [0.29, 0.717) is 12.5 Å². The Balaban J connectivity index is 1.72. The summed E-state index contributed by atoms with van der Waals surface area (Å²) in [7, 11) is 0. The highest BCUT2D eigenvalue weighted by Crippen LogP contribution is 2.40. The van der Waals surface area contributed by atoms with Gasteiger partial charge < -0.3 is 4.74 Å². The van der Waals surface area contributed by atoms with E-state index in [2.05, 4.69) is 29.2 Å². The van der Waals surface area contributed by atoms with Gasteiger partial charge in [-0.05, 0) is 24.5 Å². The van der Waals surface area contributed by atoms with Crippen LogP contribution in [-0.4, -0.2) is 17.6 Å². The summed E-state index contributed by atoms with van der Waals surface area (Å²) in [5.41, 5.74) is 3.61. The predicted molar refractivity (Wildman–Crippen MR) is 74.4 cm³/mol. The lowest BCUT2D eigenvalue weighted by molar-refractivity contribution is -0.142. The van der Waals surface area contributed by atoms with Crippen LogP contribution >= 0.6 is 11.3 Å². The largest absolute Gasteiger partial charge is 0.466 e. The summed E-state index contributed by atoms with van der Waals surface area (Å²) in [6.45, 7) is 2.24. The van der Waals surface area contributed by atoms with E-state index in [1.54, 1.807) is 11.3 Å². The maximum atomic E-state index is 11.4. The Morgan fingerprint density at radius 1 is 1.47 bits per heavy atom. The Hall–Kier alpha value is -1.68. The number of carbonyl (C=O) groups is 1. The van der Waals surface area contributed by atoms with Crippen LogP contribution in [0.15, 0.2) is 29.6 Å². The molecule has 1 atom stereocenters. The van der Waals surface area contributed by atoms with Crippen molar-refractivity contribution in [3.63, 3.8) is 0 Å². The monoisotopic (exact) mass is 273 g/mol. The SMILES string of the molecule is CCOC(=O)Cc1csc(C2Cc3ccccc32)n1. The summed E-state index contributed by atoms with van der Waals surface area (Å²) in [6.07, 6.45) is 1.33. The van der Waals surface area contributed by atoms with Crippen molar-refractivity contribution >= 4 is 17.3 Å². The van der Waals surface area contributed by atoms with Crippen molar-refractivity contribution in [2.75, 3.05) is 6.61 Å². The minimum atomic E-state index is -0.201. The van der Waals surface area contributed by atoms with E-state index in [-0.39, 0.29) is 12.4 Å². The number of thiazole rings is 1. The van der Waals surface area contributed by atoms with Crippen LogP contribution in [0.25, 0.3) is 0 Å². The highest BCUT2D eigenvalue weighted by molar-refractivity contribution is 7.09. The van der Waals surface area contributed by atoms with Crippen molar-refractivity contribution in [3.8, 4) is 0 Å². The highest BCUT2D eigenvalue weighted by Gasteiger charge is 2.29. The van der Waals surface area contributed by atoms with Gasteiger partial charge in [-0.1, -0.05) is 24.3 Å². The van der Waals surface area contributed by atoms with Gasteiger partial charge in [0, 0.05) is 11.3 Å². The second-order valence-corrected chi connectivity index (χ2v) is 5.50. The van der Waals surface area contributed by atoms with E-state index in [1.165, 1.54) is 11.1 Å². The second kappa shape index (κ2) is 5.13. The average Bonchev–Trinajstić information content (AvgIpc) is 2.79. The van der Waals surface area contributed by atoms with Crippen LogP contribution in [0.2, 0.25) is 0 Å². The van der Waals surface area contributed by atoms with Gasteiger partial charge in [0.15, 0.2) is 0 Å². The van der Waals surface area contributed by atoms with Gasteiger partial charge in [0.2, 0.25) is 0 Å². The summed E-state index contributed by atoms with van der Waals surface area (Å²) in [5, 5.41) is 3.07. The summed E-state index contributed by atoms with van der Waals surface area (Å²) in [6, 6.07) is 8.47. The van der Waals surface area contributed by atoms with Crippen molar-refractivity contribution in [3.05, 3.63) is 51.5 Å². The molecule has 0 amide bonds. The molecule has 0 bridgehead atoms. The predicted octanol–water partition coefficient (Wildman–Crippen LogP) is 2.94. The van der Waals surface area contributed by atoms with Crippen LogP contribution in [0.4, 0.5) is 0 Å². The van der Waals surface area contributed by atoms with Crippen molar-refractivity contribution in [1.29, 1.82) is 0 Å². The summed E-state index contributed by atoms with van der Waals surface area (Å²) < 4.78 is 4.94. The molecule has 0 saturated heterocycles. The molecule has 3 nitrogen and oxygen atoms in total. The Morgan fingerprint density at radius 2 is 2.32 bits per heavy atom. The smallest absolute Gasteiger partial charge is 0.311 e. The fraction of sp³-hybridized carbons (Fsp3) is 0.333. The van der Waals surface area contributed by atoms with Gasteiger partial charge in [0.25, 0.3) is 0 Å². The van der Waals surface area contributed by atoms with E-state index in [1.807, 2.05) is 12.3 Å². The van der Waals surface area contributed by atoms with Gasteiger partial charge in [-0.15, -0.1) is 11.3 Å². The molecule has 3 rings (SSSR count). The molecule has 2 aromatic rings. The molecule has 4 heteroatoms. The molecule has 1 aliphatic rings. The van der Waals surface area contributed by atoms with Crippen molar-refractivity contribution in [2.45, 2.75) is 25.7 Å². The number of hydrogen-bond donors (Lipinski definition) is 0. The number of aromatic nitrogens is 1. The number of ether oxygens (including phenoxy) is 1. The fourth-order valence-electron chi connectivity index (χ4n) is 2.40. The van der Waals surface area contributed by atoms with Gasteiger partial charge in [-0.25, -0.2) is 4.98 Å². The lowest BCUT2D eigenvalue weighted by atomic mass is 9.78. The van der Waals surface area contributed by atoms with Crippen LogP contribution in [0.3, 0.4) is 0 Å². The third kappa shape index (κ3) is 2.40. The topological polar surface area (TPSA) is 39.2 Å². The normalized spacial score (nSPS) is 16.6. The molecule has 0 saturated carbocycles. The molecule has 1 aromatic heterocycles. The van der Waals surface area contributed by atoms with E-state index in [4.69, 9.17) is 4.74 Å². The number of hydrogen-bond acceptors (Lipinski definition) is 4. The quantitative estimate of drug-likeness (QED) is 0.804. The zero-order valence-corrected chi connectivity index (χ0v) is 11.6. The Morgan fingerprint density at radius 3 is 3.11 bits per heavy atom. The molecular formula is C15H15NO2S. The first-order valence-electron chi connectivity index (χ1n) is 6.45. The molecule has 0 radical (unpaired) electrons. The van der Waals surface area contributed by atoms with Gasteiger partial charge in [-0.2, -0.15) is 0 Å². The molecule has 1 aliphatic carbocycles. The van der Waals surface area contributed by atoms with E-state index in [0.717, 1.165) is 17.1 Å². The van der Waals surface area contributed by atoms with Gasteiger partial charge in [-0.3, -0.25) is 4.79 Å².